The van der Waals surface area contributed by atoms with E-state index < -0.39 is 0 Å². The fourth-order valence-electron chi connectivity index (χ4n) is 3.29. The quantitative estimate of drug-likeness (QED) is 0.835. The summed E-state index contributed by atoms with van der Waals surface area (Å²) in [5.74, 6) is 0.864. The van der Waals surface area contributed by atoms with Crippen LogP contribution in [0.2, 0.25) is 0 Å². The van der Waals surface area contributed by atoms with Crippen LogP contribution in [0.15, 0.2) is 28.9 Å². The van der Waals surface area contributed by atoms with Crippen molar-refractivity contribution in [3.8, 4) is 5.75 Å². The highest BCUT2D eigenvalue weighted by Gasteiger charge is 2.41. The van der Waals surface area contributed by atoms with E-state index in [4.69, 9.17) is 4.74 Å². The fraction of sp³-hybridized carbons (Fsp3) is 0.529. The molecule has 0 fully saturated rings. The molecule has 1 aromatic rings. The summed E-state index contributed by atoms with van der Waals surface area (Å²) in [4.78, 5) is 10.7. The molecular weight excluding hydrogens is 266 g/mol. The zero-order valence-electron chi connectivity index (χ0n) is 13.4. The molecule has 1 aliphatic heterocycles. The van der Waals surface area contributed by atoms with Crippen molar-refractivity contribution in [2.45, 2.75) is 41.2 Å². The number of nitrogens with zero attached hydrogens (tertiary/aromatic N) is 1. The first-order valence-corrected chi connectivity index (χ1v) is 7.17. The van der Waals surface area contributed by atoms with Crippen LogP contribution in [-0.4, -0.2) is 11.7 Å². The zero-order valence-corrected chi connectivity index (χ0v) is 13.4. The second-order valence-corrected chi connectivity index (χ2v) is 7.22. The van der Waals surface area contributed by atoms with Gasteiger partial charge < -0.3 is 9.84 Å². The van der Waals surface area contributed by atoms with Gasteiger partial charge in [0.1, 0.15) is 18.1 Å². The zero-order chi connectivity index (χ0) is 15.8. The highest BCUT2D eigenvalue weighted by atomic mass is 16.5. The van der Waals surface area contributed by atoms with Crippen LogP contribution in [0.25, 0.3) is 5.76 Å². The Morgan fingerprint density at radius 3 is 2.57 bits per heavy atom. The third-order valence-electron chi connectivity index (χ3n) is 3.85. The molecule has 0 atom stereocenters. The largest absolute Gasteiger partial charge is 0.508 e. The smallest absolute Gasteiger partial charge is 0.127 e. The highest BCUT2D eigenvalue weighted by molar-refractivity contribution is 5.71. The van der Waals surface area contributed by atoms with E-state index in [1.807, 2.05) is 6.07 Å². The van der Waals surface area contributed by atoms with Crippen molar-refractivity contribution >= 4 is 5.76 Å². The first-order chi connectivity index (χ1) is 9.68. The Bertz CT molecular complexity index is 595. The van der Waals surface area contributed by atoms with Gasteiger partial charge in [-0.2, -0.15) is 4.91 Å². The van der Waals surface area contributed by atoms with Gasteiger partial charge in [-0.15, -0.1) is 0 Å². The van der Waals surface area contributed by atoms with Gasteiger partial charge in [0, 0.05) is 16.5 Å². The number of phenolic OH excluding ortho intramolecular Hbond substituents is 1. The predicted molar refractivity (Wildman–Crippen MR) is 83.7 cm³/mol. The number of hydrogen-bond donors (Lipinski definition) is 1. The van der Waals surface area contributed by atoms with Crippen molar-refractivity contribution in [1.29, 1.82) is 0 Å². The molecule has 0 aliphatic carbocycles. The topological polar surface area (TPSA) is 58.9 Å². The normalized spacial score (nSPS) is 17.8. The lowest BCUT2D eigenvalue weighted by molar-refractivity contribution is 0.213. The van der Waals surface area contributed by atoms with Crippen LogP contribution in [0, 0.1) is 15.7 Å². The first-order valence-electron chi connectivity index (χ1n) is 7.17. The van der Waals surface area contributed by atoms with Crippen LogP contribution in [-0.2, 0) is 11.3 Å². The molecule has 0 radical (unpaired) electrons. The monoisotopic (exact) mass is 289 g/mol. The summed E-state index contributed by atoms with van der Waals surface area (Å²) in [6.07, 6.45) is 0. The predicted octanol–water partition coefficient (Wildman–Crippen LogP) is 4.47. The van der Waals surface area contributed by atoms with Gasteiger partial charge in [-0.1, -0.05) is 51.9 Å². The van der Waals surface area contributed by atoms with Crippen molar-refractivity contribution < 1.29 is 9.84 Å². The minimum Gasteiger partial charge on any atom is -0.508 e. The molecule has 114 valence electrons. The Hall–Kier alpha value is -1.84. The van der Waals surface area contributed by atoms with Crippen molar-refractivity contribution in [2.75, 3.05) is 6.61 Å². The lowest BCUT2D eigenvalue weighted by Gasteiger charge is -2.31. The van der Waals surface area contributed by atoms with Gasteiger partial charge in [0.25, 0.3) is 0 Å². The maximum Gasteiger partial charge on any atom is 0.127 e. The van der Waals surface area contributed by atoms with Crippen LogP contribution in [0.4, 0.5) is 0 Å². The third kappa shape index (κ3) is 2.80. The van der Waals surface area contributed by atoms with Crippen molar-refractivity contribution in [3.63, 3.8) is 0 Å². The number of hydrogen-bond acceptors (Lipinski definition) is 4. The van der Waals surface area contributed by atoms with E-state index in [1.165, 1.54) is 5.57 Å². The molecule has 0 spiro atoms. The lowest BCUT2D eigenvalue weighted by Crippen LogP contribution is -2.24. The standard InChI is InChI=1S/C17H23NO3/c1-16(2,3)15-14(21-10-17(15,4)5)11-7-6-8-13(19)12(11)9-18-20/h6-8,19H,9-10H2,1-5H3. The second kappa shape index (κ2) is 5.17. The fourth-order valence-corrected chi connectivity index (χ4v) is 3.29. The van der Waals surface area contributed by atoms with E-state index in [-0.39, 0.29) is 23.1 Å². The molecule has 4 heteroatoms. The van der Waals surface area contributed by atoms with Gasteiger partial charge in [-0.05, 0) is 17.1 Å². The van der Waals surface area contributed by atoms with Crippen LogP contribution < -0.4 is 0 Å². The summed E-state index contributed by atoms with van der Waals surface area (Å²) in [6, 6.07) is 5.21. The minimum atomic E-state index is -0.0785. The SMILES string of the molecule is CC(C)(C)C1=C(c2cccc(O)c2CN=O)OCC1(C)C. The van der Waals surface area contributed by atoms with E-state index in [0.29, 0.717) is 12.2 Å². The Morgan fingerprint density at radius 1 is 1.33 bits per heavy atom. The Labute approximate surface area is 125 Å². The van der Waals surface area contributed by atoms with Crippen LogP contribution in [0.5, 0.6) is 5.75 Å². The molecule has 0 bridgehead atoms. The summed E-state index contributed by atoms with van der Waals surface area (Å²) >= 11 is 0. The Morgan fingerprint density at radius 2 is 2.00 bits per heavy atom. The Kier molecular flexibility index (Phi) is 3.83. The van der Waals surface area contributed by atoms with E-state index in [9.17, 15) is 10.0 Å². The van der Waals surface area contributed by atoms with Crippen LogP contribution in [0.1, 0.15) is 45.7 Å². The average molecular weight is 289 g/mol. The summed E-state index contributed by atoms with van der Waals surface area (Å²) in [6.45, 7) is 11.3. The van der Waals surface area contributed by atoms with Gasteiger partial charge in [-0.3, -0.25) is 0 Å². The number of rotatable bonds is 3. The molecule has 2 rings (SSSR count). The molecule has 1 aliphatic rings. The molecule has 0 unspecified atom stereocenters. The maximum atomic E-state index is 10.7. The summed E-state index contributed by atoms with van der Waals surface area (Å²) in [5, 5.41) is 13.0. The van der Waals surface area contributed by atoms with Gasteiger partial charge in [0.05, 0.1) is 6.61 Å². The van der Waals surface area contributed by atoms with E-state index in [0.717, 1.165) is 11.3 Å². The molecule has 0 amide bonds. The molecule has 1 heterocycles. The Balaban J connectivity index is 2.70. The number of aromatic hydroxyl groups is 1. The van der Waals surface area contributed by atoms with E-state index in [2.05, 4.69) is 39.8 Å². The van der Waals surface area contributed by atoms with Gasteiger partial charge in [0.2, 0.25) is 0 Å². The number of benzene rings is 1. The van der Waals surface area contributed by atoms with Gasteiger partial charge >= 0.3 is 0 Å². The molecule has 21 heavy (non-hydrogen) atoms. The third-order valence-corrected chi connectivity index (χ3v) is 3.85. The summed E-state index contributed by atoms with van der Waals surface area (Å²) in [7, 11) is 0. The van der Waals surface area contributed by atoms with Crippen molar-refractivity contribution in [3.05, 3.63) is 39.8 Å². The molecule has 1 N–H and O–H groups in total. The molecule has 1 aromatic carbocycles. The maximum absolute atomic E-state index is 10.7. The van der Waals surface area contributed by atoms with Crippen molar-refractivity contribution in [2.24, 2.45) is 16.0 Å². The summed E-state index contributed by atoms with van der Waals surface area (Å²) in [5.41, 5.74) is 2.36. The number of nitroso groups, excluding NO2 is 1. The number of ether oxygens (including phenoxy) is 1. The lowest BCUT2D eigenvalue weighted by atomic mass is 9.71. The highest BCUT2D eigenvalue weighted by Crippen LogP contribution is 2.50. The first kappa shape index (κ1) is 15.5. The molecule has 0 aromatic heterocycles. The second-order valence-electron chi connectivity index (χ2n) is 7.22. The van der Waals surface area contributed by atoms with Gasteiger partial charge in [-0.25, -0.2) is 0 Å². The van der Waals surface area contributed by atoms with E-state index >= 15 is 0 Å². The minimum absolute atomic E-state index is 0.0628. The molecular formula is C17H23NO3. The summed E-state index contributed by atoms with van der Waals surface area (Å²) < 4.78 is 5.96. The molecule has 0 saturated carbocycles. The van der Waals surface area contributed by atoms with Gasteiger partial charge in [0.15, 0.2) is 0 Å². The average Bonchev–Trinajstić information content (AvgIpc) is 2.67. The van der Waals surface area contributed by atoms with Crippen molar-refractivity contribution in [1.82, 2.24) is 0 Å². The van der Waals surface area contributed by atoms with Crippen LogP contribution in [0.3, 0.4) is 0 Å². The van der Waals surface area contributed by atoms with Crippen LogP contribution >= 0.6 is 0 Å². The van der Waals surface area contributed by atoms with E-state index in [1.54, 1.807) is 12.1 Å². The molecule has 0 saturated heterocycles. The molecule has 4 nitrogen and oxygen atoms in total. The number of phenols is 1.